The van der Waals surface area contributed by atoms with E-state index in [-0.39, 0.29) is 22.9 Å². The van der Waals surface area contributed by atoms with E-state index in [2.05, 4.69) is 20.5 Å². The number of carbonyl (C=O) groups excluding carboxylic acids is 1. The minimum Gasteiger partial charge on any atom is -0.390 e. The van der Waals surface area contributed by atoms with Gasteiger partial charge in [-0.2, -0.15) is 5.10 Å². The zero-order chi connectivity index (χ0) is 25.1. The van der Waals surface area contributed by atoms with Crippen molar-refractivity contribution in [3.63, 3.8) is 0 Å². The average Bonchev–Trinajstić information content (AvgIpc) is 3.22. The van der Waals surface area contributed by atoms with E-state index < -0.39 is 5.60 Å². The summed E-state index contributed by atoms with van der Waals surface area (Å²) in [5, 5.41) is 21.8. The highest BCUT2D eigenvalue weighted by molar-refractivity contribution is 5.93. The summed E-state index contributed by atoms with van der Waals surface area (Å²) in [5.41, 5.74) is 2.75. The second kappa shape index (κ2) is 8.27. The molecule has 2 fully saturated rings. The second-order valence-electron chi connectivity index (χ2n) is 11.4. The van der Waals surface area contributed by atoms with Crippen molar-refractivity contribution < 1.29 is 9.90 Å². The number of imidazole rings is 1. The fourth-order valence-electron chi connectivity index (χ4n) is 6.10. The minimum atomic E-state index is -0.711. The topological polar surface area (TPSA) is 112 Å². The molecule has 2 aliphatic carbocycles. The zero-order valence-corrected chi connectivity index (χ0v) is 20.6. The van der Waals surface area contributed by atoms with Gasteiger partial charge in [0.2, 0.25) is 0 Å². The number of rotatable bonds is 6. The molecular formula is C28H31N5O3. The Morgan fingerprint density at radius 2 is 1.94 bits per heavy atom. The molecule has 3 heterocycles. The van der Waals surface area contributed by atoms with Crippen molar-refractivity contribution in [3.8, 4) is 0 Å². The molecule has 0 aliphatic heterocycles. The molecule has 6 rings (SSSR count). The SMILES string of the molecule is CC(C)(O)CCc1ccn2c(C(=O)NC3CC4(C3)CC(c3n[nH]c(=O)c5ccccc35)C4)cnc2c1. The third kappa shape index (κ3) is 4.09. The third-order valence-electron chi connectivity index (χ3n) is 8.00. The van der Waals surface area contributed by atoms with E-state index in [0.29, 0.717) is 23.4 Å². The maximum Gasteiger partial charge on any atom is 0.272 e. The summed E-state index contributed by atoms with van der Waals surface area (Å²) in [6.07, 6.45) is 8.93. The molecule has 3 N–H and O–H groups in total. The van der Waals surface area contributed by atoms with Crippen molar-refractivity contribution in [2.45, 2.75) is 69.9 Å². The quantitative estimate of drug-likeness (QED) is 0.385. The highest BCUT2D eigenvalue weighted by Gasteiger charge is 2.54. The van der Waals surface area contributed by atoms with Crippen molar-refractivity contribution >= 4 is 22.3 Å². The van der Waals surface area contributed by atoms with Gasteiger partial charge in [-0.1, -0.05) is 18.2 Å². The van der Waals surface area contributed by atoms with Gasteiger partial charge >= 0.3 is 0 Å². The summed E-state index contributed by atoms with van der Waals surface area (Å²) in [7, 11) is 0. The Balaban J connectivity index is 1.07. The molecule has 2 aliphatic rings. The van der Waals surface area contributed by atoms with Crippen LogP contribution in [-0.4, -0.2) is 42.2 Å². The minimum absolute atomic E-state index is 0.101. The normalized spacial score (nSPS) is 23.5. The summed E-state index contributed by atoms with van der Waals surface area (Å²) in [6, 6.07) is 11.8. The van der Waals surface area contributed by atoms with E-state index in [1.165, 1.54) is 0 Å². The molecule has 0 radical (unpaired) electrons. The fourth-order valence-corrected chi connectivity index (χ4v) is 6.10. The standard InChI is InChI=1S/C28H31N5O3/c1-27(2,36)9-7-17-8-10-33-22(16-29-23(33)11-17)26(35)30-19-14-28(15-19)12-18(13-28)24-20-5-3-4-6-21(20)25(34)32-31-24/h3-6,8,10-11,16,18-19,36H,7,9,12-15H2,1-2H3,(H,30,35)(H,32,34). The predicted molar refractivity (Wildman–Crippen MR) is 137 cm³/mol. The Hall–Kier alpha value is -3.52. The van der Waals surface area contributed by atoms with Gasteiger partial charge in [0.05, 0.1) is 22.9 Å². The maximum absolute atomic E-state index is 13.0. The molecule has 36 heavy (non-hydrogen) atoms. The van der Waals surface area contributed by atoms with Crippen LogP contribution in [0.15, 0.2) is 53.6 Å². The molecule has 8 nitrogen and oxygen atoms in total. The van der Waals surface area contributed by atoms with Crippen molar-refractivity contribution in [1.82, 2.24) is 24.9 Å². The lowest BCUT2D eigenvalue weighted by atomic mass is 9.49. The summed E-state index contributed by atoms with van der Waals surface area (Å²) in [5.74, 6) is 0.239. The Labute approximate surface area is 208 Å². The summed E-state index contributed by atoms with van der Waals surface area (Å²) in [6.45, 7) is 3.61. The van der Waals surface area contributed by atoms with E-state index in [1.807, 2.05) is 47.0 Å². The van der Waals surface area contributed by atoms with Gasteiger partial charge in [-0.3, -0.25) is 14.0 Å². The lowest BCUT2D eigenvalue weighted by Gasteiger charge is -2.57. The Morgan fingerprint density at radius 3 is 2.69 bits per heavy atom. The first-order chi connectivity index (χ1) is 17.2. The van der Waals surface area contributed by atoms with Gasteiger partial charge in [-0.25, -0.2) is 10.1 Å². The van der Waals surface area contributed by atoms with Crippen LogP contribution in [0.4, 0.5) is 0 Å². The van der Waals surface area contributed by atoms with Crippen LogP contribution >= 0.6 is 0 Å². The second-order valence-corrected chi connectivity index (χ2v) is 11.4. The first kappa shape index (κ1) is 22.9. The van der Waals surface area contributed by atoms with E-state index >= 15 is 0 Å². The van der Waals surface area contributed by atoms with Gasteiger partial charge in [0.1, 0.15) is 11.3 Å². The van der Waals surface area contributed by atoms with Gasteiger partial charge in [-0.15, -0.1) is 0 Å². The van der Waals surface area contributed by atoms with Gasteiger partial charge in [0.15, 0.2) is 0 Å². The van der Waals surface area contributed by atoms with Gasteiger partial charge < -0.3 is 10.4 Å². The largest absolute Gasteiger partial charge is 0.390 e. The molecule has 186 valence electrons. The number of benzene rings is 1. The molecule has 2 saturated carbocycles. The Morgan fingerprint density at radius 1 is 1.19 bits per heavy atom. The molecular weight excluding hydrogens is 454 g/mol. The number of aromatic amines is 1. The molecule has 3 aromatic heterocycles. The van der Waals surface area contributed by atoms with Crippen LogP contribution < -0.4 is 10.9 Å². The van der Waals surface area contributed by atoms with Crippen molar-refractivity contribution in [3.05, 3.63) is 76.1 Å². The molecule has 8 heteroatoms. The van der Waals surface area contributed by atoms with E-state index in [4.69, 9.17) is 0 Å². The van der Waals surface area contributed by atoms with Crippen LogP contribution in [0.3, 0.4) is 0 Å². The Bertz CT molecular complexity index is 1520. The van der Waals surface area contributed by atoms with Crippen LogP contribution in [-0.2, 0) is 6.42 Å². The number of carbonyl (C=O) groups is 1. The molecule has 0 unspecified atom stereocenters. The third-order valence-corrected chi connectivity index (χ3v) is 8.00. The summed E-state index contributed by atoms with van der Waals surface area (Å²) in [4.78, 5) is 29.5. The van der Waals surface area contributed by atoms with Crippen molar-refractivity contribution in [2.24, 2.45) is 5.41 Å². The number of aliphatic hydroxyl groups is 1. The van der Waals surface area contributed by atoms with Crippen LogP contribution in [0.25, 0.3) is 16.4 Å². The first-order valence-electron chi connectivity index (χ1n) is 12.7. The number of hydrogen-bond donors (Lipinski definition) is 3. The fraction of sp³-hybridized carbons (Fsp3) is 0.429. The van der Waals surface area contributed by atoms with E-state index in [9.17, 15) is 14.7 Å². The Kier molecular flexibility index (Phi) is 5.26. The van der Waals surface area contributed by atoms with Crippen LogP contribution in [0.5, 0.6) is 0 Å². The number of nitrogens with zero attached hydrogens (tertiary/aromatic N) is 3. The van der Waals surface area contributed by atoms with Crippen LogP contribution in [0.1, 0.15) is 73.6 Å². The summed E-state index contributed by atoms with van der Waals surface area (Å²) >= 11 is 0. The van der Waals surface area contributed by atoms with Crippen molar-refractivity contribution in [1.29, 1.82) is 0 Å². The molecule has 0 bridgehead atoms. The maximum atomic E-state index is 13.0. The van der Waals surface area contributed by atoms with Gasteiger partial charge in [-0.05, 0) is 81.5 Å². The number of fused-ring (bicyclic) bond motifs is 2. The highest BCUT2D eigenvalue weighted by Crippen LogP contribution is 2.62. The number of H-pyrrole nitrogens is 1. The van der Waals surface area contributed by atoms with E-state index in [0.717, 1.165) is 54.4 Å². The lowest BCUT2D eigenvalue weighted by molar-refractivity contribution is -0.0197. The number of pyridine rings is 1. The number of aryl methyl sites for hydroxylation is 1. The molecule has 1 amide bonds. The smallest absolute Gasteiger partial charge is 0.272 e. The number of nitrogens with one attached hydrogen (secondary N) is 2. The van der Waals surface area contributed by atoms with Gasteiger partial charge in [0.25, 0.3) is 11.5 Å². The van der Waals surface area contributed by atoms with Crippen LogP contribution in [0, 0.1) is 5.41 Å². The number of hydrogen-bond acceptors (Lipinski definition) is 5. The predicted octanol–water partition coefficient (Wildman–Crippen LogP) is 3.73. The molecule has 4 aromatic rings. The zero-order valence-electron chi connectivity index (χ0n) is 20.6. The monoisotopic (exact) mass is 485 g/mol. The number of aromatic nitrogens is 4. The highest BCUT2D eigenvalue weighted by atomic mass is 16.3. The van der Waals surface area contributed by atoms with Crippen LogP contribution in [0.2, 0.25) is 0 Å². The summed E-state index contributed by atoms with van der Waals surface area (Å²) < 4.78 is 1.82. The van der Waals surface area contributed by atoms with Gasteiger partial charge in [0, 0.05) is 23.5 Å². The molecule has 1 aromatic carbocycles. The number of amides is 1. The van der Waals surface area contributed by atoms with E-state index in [1.54, 1.807) is 20.0 Å². The average molecular weight is 486 g/mol. The molecule has 0 saturated heterocycles. The molecule has 1 spiro atoms. The first-order valence-corrected chi connectivity index (χ1v) is 12.7. The lowest BCUT2D eigenvalue weighted by Crippen LogP contribution is -2.55. The molecule has 0 atom stereocenters. The van der Waals surface area contributed by atoms with Crippen molar-refractivity contribution in [2.75, 3.05) is 0 Å².